The summed E-state index contributed by atoms with van der Waals surface area (Å²) in [5, 5.41) is 2.28. The van der Waals surface area contributed by atoms with E-state index in [1.165, 1.54) is 24.3 Å². The molecule has 1 aromatic heterocycles. The molecule has 1 heterocycles. The van der Waals surface area contributed by atoms with Gasteiger partial charge in [0, 0.05) is 6.04 Å². The summed E-state index contributed by atoms with van der Waals surface area (Å²) >= 11 is 0. The summed E-state index contributed by atoms with van der Waals surface area (Å²) in [6.07, 6.45) is -8.28. The van der Waals surface area contributed by atoms with E-state index < -0.39 is 42.6 Å². The van der Waals surface area contributed by atoms with Crippen LogP contribution in [0.4, 0.5) is 26.3 Å². The second-order valence-electron chi connectivity index (χ2n) is 6.61. The number of hydrogen-bond acceptors (Lipinski definition) is 2. The molecule has 2 aromatic rings. The van der Waals surface area contributed by atoms with Crippen molar-refractivity contribution < 1.29 is 31.1 Å². The highest BCUT2D eigenvalue weighted by Crippen LogP contribution is 2.38. The summed E-state index contributed by atoms with van der Waals surface area (Å²) in [4.78, 5) is 15.8. The van der Waals surface area contributed by atoms with Gasteiger partial charge in [-0.1, -0.05) is 25.0 Å². The van der Waals surface area contributed by atoms with Crippen molar-refractivity contribution in [2.75, 3.05) is 0 Å². The molecule has 3 rings (SSSR count). The minimum Gasteiger partial charge on any atom is -0.351 e. The molecule has 0 radical (unpaired) electrons. The summed E-state index contributed by atoms with van der Waals surface area (Å²) in [5.74, 6) is -3.84. The van der Waals surface area contributed by atoms with Crippen molar-refractivity contribution >= 4 is 16.9 Å². The third-order valence-electron chi connectivity index (χ3n) is 4.74. The summed E-state index contributed by atoms with van der Waals surface area (Å²) in [6, 6.07) is 4.63. The molecular formula is C17H17F6N3O. The molecule has 1 fully saturated rings. The number of halogens is 6. The van der Waals surface area contributed by atoms with Crippen LogP contribution in [-0.4, -0.2) is 27.7 Å². The van der Waals surface area contributed by atoms with Gasteiger partial charge in [-0.2, -0.15) is 26.3 Å². The van der Waals surface area contributed by atoms with Crippen LogP contribution in [0.1, 0.15) is 31.5 Å². The van der Waals surface area contributed by atoms with Gasteiger partial charge in [-0.25, -0.2) is 4.98 Å². The molecule has 1 saturated carbocycles. The Morgan fingerprint density at radius 2 is 1.78 bits per heavy atom. The molecule has 1 aliphatic rings. The van der Waals surface area contributed by atoms with Gasteiger partial charge in [0.25, 0.3) is 0 Å². The lowest BCUT2D eigenvalue weighted by molar-refractivity contribution is -0.189. The molecule has 0 spiro atoms. The first-order valence-electron chi connectivity index (χ1n) is 8.46. The van der Waals surface area contributed by atoms with E-state index in [0.717, 1.165) is 0 Å². The second-order valence-corrected chi connectivity index (χ2v) is 6.61. The van der Waals surface area contributed by atoms with Crippen molar-refractivity contribution in [1.82, 2.24) is 14.9 Å². The predicted octanol–water partition coefficient (Wildman–Crippen LogP) is 4.29. The van der Waals surface area contributed by atoms with Crippen molar-refractivity contribution in [3.8, 4) is 0 Å². The number of nitrogens with zero attached hydrogens (tertiary/aromatic N) is 2. The third-order valence-corrected chi connectivity index (χ3v) is 4.74. The minimum absolute atomic E-state index is 0.0588. The highest BCUT2D eigenvalue weighted by molar-refractivity contribution is 5.81. The van der Waals surface area contributed by atoms with Crippen molar-refractivity contribution in [2.24, 2.45) is 5.92 Å². The first-order chi connectivity index (χ1) is 12.6. The van der Waals surface area contributed by atoms with Crippen molar-refractivity contribution in [3.63, 3.8) is 0 Å². The van der Waals surface area contributed by atoms with E-state index in [4.69, 9.17) is 0 Å². The predicted molar refractivity (Wildman–Crippen MR) is 84.7 cm³/mol. The average Bonchev–Trinajstić information content (AvgIpc) is 2.93. The number of benzene rings is 1. The van der Waals surface area contributed by atoms with Gasteiger partial charge in [-0.15, -0.1) is 0 Å². The molecule has 0 bridgehead atoms. The largest absolute Gasteiger partial charge is 0.449 e. The Bertz CT molecular complexity index is 826. The topological polar surface area (TPSA) is 46.9 Å². The maximum atomic E-state index is 13.3. The van der Waals surface area contributed by atoms with E-state index in [9.17, 15) is 31.1 Å². The molecular weight excluding hydrogens is 376 g/mol. The van der Waals surface area contributed by atoms with E-state index in [0.29, 0.717) is 17.4 Å². The number of hydrogen-bond donors (Lipinski definition) is 1. The Labute approximate surface area is 150 Å². The molecule has 1 aliphatic carbocycles. The molecule has 4 nitrogen and oxygen atoms in total. The number of amides is 1. The van der Waals surface area contributed by atoms with E-state index >= 15 is 0 Å². The molecule has 148 valence electrons. The van der Waals surface area contributed by atoms with Gasteiger partial charge in [-0.05, 0) is 25.0 Å². The van der Waals surface area contributed by atoms with Crippen LogP contribution in [0.2, 0.25) is 0 Å². The molecule has 10 heteroatoms. The summed E-state index contributed by atoms with van der Waals surface area (Å²) in [7, 11) is 0. The van der Waals surface area contributed by atoms with E-state index in [2.05, 4.69) is 10.3 Å². The van der Waals surface area contributed by atoms with Crippen LogP contribution >= 0.6 is 0 Å². The van der Waals surface area contributed by atoms with Crippen LogP contribution < -0.4 is 5.32 Å². The van der Waals surface area contributed by atoms with Crippen molar-refractivity contribution in [3.05, 3.63) is 30.1 Å². The minimum atomic E-state index is -4.79. The van der Waals surface area contributed by atoms with E-state index in [1.807, 2.05) is 0 Å². The van der Waals surface area contributed by atoms with E-state index in [-0.39, 0.29) is 23.9 Å². The Balaban J connectivity index is 1.84. The zero-order chi connectivity index (χ0) is 19.8. The molecule has 2 unspecified atom stereocenters. The Morgan fingerprint density at radius 1 is 1.11 bits per heavy atom. The van der Waals surface area contributed by atoms with Gasteiger partial charge in [0.2, 0.25) is 11.7 Å². The van der Waals surface area contributed by atoms with Crippen LogP contribution in [0.15, 0.2) is 24.3 Å². The van der Waals surface area contributed by atoms with Crippen LogP contribution in [0, 0.1) is 5.92 Å². The lowest BCUT2D eigenvalue weighted by atomic mass is 9.84. The number of imidazole rings is 1. The molecule has 2 atom stereocenters. The van der Waals surface area contributed by atoms with Crippen LogP contribution in [-0.2, 0) is 17.5 Å². The Kier molecular flexibility index (Phi) is 5.09. The van der Waals surface area contributed by atoms with Crippen LogP contribution in [0.3, 0.4) is 0 Å². The second kappa shape index (κ2) is 7.05. The van der Waals surface area contributed by atoms with Crippen LogP contribution in [0.25, 0.3) is 11.0 Å². The zero-order valence-corrected chi connectivity index (χ0v) is 14.1. The number of aromatic nitrogens is 2. The number of nitrogens with one attached hydrogen (secondary N) is 1. The number of rotatable bonds is 3. The molecule has 0 aliphatic heterocycles. The Hall–Kier alpha value is -2.26. The zero-order valence-electron chi connectivity index (χ0n) is 14.1. The summed E-state index contributed by atoms with van der Waals surface area (Å²) in [6.45, 7) is -0.754. The van der Waals surface area contributed by atoms with Gasteiger partial charge in [0.15, 0.2) is 0 Å². The normalized spacial score (nSPS) is 21.4. The molecule has 27 heavy (non-hydrogen) atoms. The smallest absolute Gasteiger partial charge is 0.351 e. The van der Waals surface area contributed by atoms with Gasteiger partial charge >= 0.3 is 12.4 Å². The SMILES string of the molecule is O=C(Cn1c(C(F)(F)F)nc2ccccc21)NC1CCCCC1C(F)(F)F. The van der Waals surface area contributed by atoms with Gasteiger partial charge < -0.3 is 9.88 Å². The highest BCUT2D eigenvalue weighted by atomic mass is 19.4. The lowest BCUT2D eigenvalue weighted by Crippen LogP contribution is -2.48. The lowest BCUT2D eigenvalue weighted by Gasteiger charge is -2.33. The third kappa shape index (κ3) is 4.19. The number of para-hydroxylation sites is 2. The monoisotopic (exact) mass is 393 g/mol. The van der Waals surface area contributed by atoms with Gasteiger partial charge in [0.1, 0.15) is 6.54 Å². The Morgan fingerprint density at radius 3 is 2.44 bits per heavy atom. The fourth-order valence-corrected chi connectivity index (χ4v) is 3.54. The molecule has 1 N–H and O–H groups in total. The van der Waals surface area contributed by atoms with Crippen molar-refractivity contribution in [2.45, 2.75) is 50.6 Å². The maximum Gasteiger partial charge on any atom is 0.449 e. The molecule has 0 saturated heterocycles. The number of fused-ring (bicyclic) bond motifs is 1. The van der Waals surface area contributed by atoms with Crippen LogP contribution in [0.5, 0.6) is 0 Å². The molecule has 1 amide bonds. The standard InChI is InChI=1S/C17H17F6N3O/c18-16(19,20)10-5-1-2-6-11(10)24-14(27)9-26-13-8-4-3-7-12(13)25-15(26)17(21,22)23/h3-4,7-8,10-11H,1-2,5-6,9H2,(H,24,27). The quantitative estimate of drug-likeness (QED) is 0.791. The number of carbonyl (C=O) groups excluding carboxylic acids is 1. The maximum absolute atomic E-state index is 13.3. The first-order valence-corrected chi connectivity index (χ1v) is 8.46. The summed E-state index contributed by atoms with van der Waals surface area (Å²) < 4.78 is 79.8. The van der Waals surface area contributed by atoms with Crippen molar-refractivity contribution in [1.29, 1.82) is 0 Å². The van der Waals surface area contributed by atoms with E-state index in [1.54, 1.807) is 0 Å². The summed E-state index contributed by atoms with van der Waals surface area (Å²) in [5.41, 5.74) is 0.152. The number of carbonyl (C=O) groups is 1. The fourth-order valence-electron chi connectivity index (χ4n) is 3.54. The molecule has 1 aromatic carbocycles. The number of alkyl halides is 6. The first kappa shape index (κ1) is 19.5. The fraction of sp³-hybridized carbons (Fsp3) is 0.529. The highest BCUT2D eigenvalue weighted by Gasteiger charge is 2.46. The van der Waals surface area contributed by atoms with Gasteiger partial charge in [-0.3, -0.25) is 4.79 Å². The van der Waals surface area contributed by atoms with Gasteiger partial charge in [0.05, 0.1) is 17.0 Å². The average molecular weight is 393 g/mol.